The van der Waals surface area contributed by atoms with E-state index in [0.29, 0.717) is 18.8 Å². The minimum absolute atomic E-state index is 0.143. The van der Waals surface area contributed by atoms with Gasteiger partial charge < -0.3 is 14.4 Å². The second-order valence-electron chi connectivity index (χ2n) is 10.8. The van der Waals surface area contributed by atoms with Crippen molar-refractivity contribution in [1.82, 2.24) is 4.98 Å². The van der Waals surface area contributed by atoms with Crippen LogP contribution in [0.3, 0.4) is 0 Å². The van der Waals surface area contributed by atoms with E-state index in [9.17, 15) is 18.0 Å². The minimum Gasteiger partial charge on any atom is -0.443 e. The number of amides is 2. The van der Waals surface area contributed by atoms with Gasteiger partial charge in [0.1, 0.15) is 16.9 Å². The van der Waals surface area contributed by atoms with Crippen molar-refractivity contribution in [2.75, 3.05) is 29.1 Å². The Balaban J connectivity index is 2.46. The topological polar surface area (TPSA) is 115 Å². The van der Waals surface area contributed by atoms with Gasteiger partial charge in [-0.2, -0.15) is 13.3 Å². The lowest BCUT2D eigenvalue weighted by Gasteiger charge is -2.42. The van der Waals surface area contributed by atoms with Gasteiger partial charge in [-0.1, -0.05) is 13.8 Å². The highest BCUT2D eigenvalue weighted by Gasteiger charge is 2.39. The van der Waals surface area contributed by atoms with Crippen LogP contribution < -0.4 is 9.80 Å². The molecule has 3 atom stereocenters. The largest absolute Gasteiger partial charge is 0.443 e. The number of anilines is 2. The Morgan fingerprint density at radius 1 is 1.00 bits per heavy atom. The van der Waals surface area contributed by atoms with Gasteiger partial charge in [0.15, 0.2) is 0 Å². The van der Waals surface area contributed by atoms with Gasteiger partial charge in [0.05, 0.1) is 24.2 Å². The van der Waals surface area contributed by atoms with Crippen molar-refractivity contribution >= 4 is 33.7 Å². The molecule has 10 nitrogen and oxygen atoms in total. The zero-order chi connectivity index (χ0) is 26.1. The zero-order valence-electron chi connectivity index (χ0n) is 21.5. The number of hydrogen-bond donors (Lipinski definition) is 0. The third-order valence-electron chi connectivity index (χ3n) is 4.94. The summed E-state index contributed by atoms with van der Waals surface area (Å²) in [7, 11) is -3.61. The molecule has 2 rings (SSSR count). The van der Waals surface area contributed by atoms with Crippen LogP contribution in [0.15, 0.2) is 18.5 Å². The highest BCUT2D eigenvalue weighted by molar-refractivity contribution is 7.86. The van der Waals surface area contributed by atoms with Crippen molar-refractivity contribution in [2.45, 2.75) is 72.7 Å². The van der Waals surface area contributed by atoms with Crippen LogP contribution in [0, 0.1) is 11.8 Å². The zero-order valence-corrected chi connectivity index (χ0v) is 22.3. The Kier molecular flexibility index (Phi) is 8.25. The molecule has 0 saturated carbocycles. The number of aromatic nitrogens is 1. The fourth-order valence-corrected chi connectivity index (χ4v) is 4.61. The molecule has 34 heavy (non-hydrogen) atoms. The summed E-state index contributed by atoms with van der Waals surface area (Å²) in [6.07, 6.45) is 1.77. The predicted octanol–water partition coefficient (Wildman–Crippen LogP) is 4.20. The fourth-order valence-electron chi connectivity index (χ4n) is 3.83. The molecule has 1 saturated heterocycles. The van der Waals surface area contributed by atoms with Gasteiger partial charge in [0, 0.05) is 31.1 Å². The Morgan fingerprint density at radius 2 is 1.47 bits per heavy atom. The molecule has 1 aromatic rings. The molecule has 0 aromatic carbocycles. The third kappa shape index (κ3) is 7.83. The summed E-state index contributed by atoms with van der Waals surface area (Å²) in [4.78, 5) is 33.2. The lowest BCUT2D eigenvalue weighted by Crippen LogP contribution is -2.50. The van der Waals surface area contributed by atoms with E-state index in [1.54, 1.807) is 53.8 Å². The van der Waals surface area contributed by atoms with E-state index in [1.165, 1.54) is 6.20 Å². The third-order valence-corrected chi connectivity index (χ3v) is 5.51. The number of nitrogens with zero attached hydrogens (tertiary/aromatic N) is 3. The first-order valence-electron chi connectivity index (χ1n) is 11.2. The Bertz CT molecular complexity index is 959. The number of ether oxygens (including phenoxy) is 2. The molecule has 192 valence electrons. The van der Waals surface area contributed by atoms with E-state index >= 15 is 0 Å². The number of piperidine rings is 1. The molecule has 0 bridgehead atoms. The highest BCUT2D eigenvalue weighted by Crippen LogP contribution is 2.36. The first kappa shape index (κ1) is 27.8. The average molecular weight is 500 g/mol. The monoisotopic (exact) mass is 499 g/mol. The quantitative estimate of drug-likeness (QED) is 0.562. The van der Waals surface area contributed by atoms with E-state index in [2.05, 4.69) is 4.98 Å². The second kappa shape index (κ2) is 10.1. The smallest absolute Gasteiger partial charge is 0.424 e. The summed E-state index contributed by atoms with van der Waals surface area (Å²) < 4.78 is 39.7. The van der Waals surface area contributed by atoms with E-state index in [4.69, 9.17) is 13.7 Å². The van der Waals surface area contributed by atoms with E-state index in [0.717, 1.165) is 11.2 Å². The van der Waals surface area contributed by atoms with Gasteiger partial charge in [0.25, 0.3) is 10.1 Å². The molecule has 1 aliphatic heterocycles. The average Bonchev–Trinajstić information content (AvgIpc) is 2.61. The number of hydrogen-bond acceptors (Lipinski definition) is 9. The number of pyridine rings is 1. The Labute approximate surface area is 202 Å². The number of imide groups is 1. The Morgan fingerprint density at radius 3 is 1.88 bits per heavy atom. The number of rotatable bonds is 4. The fraction of sp³-hybridized carbons (Fsp3) is 0.696. The molecule has 1 aromatic heterocycles. The number of carbonyl (C=O) groups excluding carboxylic acids is 2. The van der Waals surface area contributed by atoms with Gasteiger partial charge in [-0.05, 0) is 47.6 Å². The molecule has 0 unspecified atom stereocenters. The van der Waals surface area contributed by atoms with Crippen LogP contribution in [-0.2, 0) is 23.8 Å². The van der Waals surface area contributed by atoms with E-state index in [-0.39, 0.29) is 17.5 Å². The van der Waals surface area contributed by atoms with Crippen molar-refractivity contribution in [1.29, 1.82) is 0 Å². The molecule has 0 N–H and O–H groups in total. The molecular weight excluding hydrogens is 462 g/mol. The molecule has 0 aliphatic carbocycles. The van der Waals surface area contributed by atoms with Crippen LogP contribution in [-0.4, -0.2) is 62.2 Å². The van der Waals surface area contributed by atoms with Crippen LogP contribution in [0.2, 0.25) is 0 Å². The molecule has 0 radical (unpaired) electrons. The highest BCUT2D eigenvalue weighted by atomic mass is 32.2. The summed E-state index contributed by atoms with van der Waals surface area (Å²) in [5.74, 6) is -0.285. The van der Waals surface area contributed by atoms with Crippen molar-refractivity contribution in [3.05, 3.63) is 18.5 Å². The van der Waals surface area contributed by atoms with Gasteiger partial charge in [-0.25, -0.2) is 9.59 Å². The molecule has 0 spiro atoms. The molecule has 1 fully saturated rings. The molecule has 2 amide bonds. The molecule has 11 heteroatoms. The normalized spacial score (nSPS) is 21.7. The maximum atomic E-state index is 13.1. The van der Waals surface area contributed by atoms with Crippen LogP contribution >= 0.6 is 0 Å². The minimum atomic E-state index is -3.61. The standard InChI is InChI=1S/C23H37N3O7S/c1-15-13-25(14-16(2)19(15)33-34(9,29)30)17-10-11-24-12-18(17)26(20(27)31-22(3,4)5)21(28)32-23(6,7)8/h10-12,15-16,19H,13-14H2,1-9H3/t15-,16+,19+. The van der Waals surface area contributed by atoms with Crippen molar-refractivity contribution in [3.63, 3.8) is 0 Å². The molecule has 1 aliphatic rings. The van der Waals surface area contributed by atoms with E-state index < -0.39 is 39.6 Å². The van der Waals surface area contributed by atoms with Gasteiger partial charge in [-0.15, -0.1) is 0 Å². The second-order valence-corrected chi connectivity index (χ2v) is 12.4. The van der Waals surface area contributed by atoms with Gasteiger partial charge in [-0.3, -0.25) is 9.17 Å². The van der Waals surface area contributed by atoms with Crippen LogP contribution in [0.1, 0.15) is 55.4 Å². The SMILES string of the molecule is C[C@@H]1CN(c2ccncc2N(C(=O)OC(C)(C)C)C(=O)OC(C)(C)C)C[C@H](C)[C@H]1OS(C)(=O)=O. The van der Waals surface area contributed by atoms with Gasteiger partial charge in [0.2, 0.25) is 0 Å². The van der Waals surface area contributed by atoms with Crippen LogP contribution in [0.4, 0.5) is 21.0 Å². The molecule has 2 heterocycles. The summed E-state index contributed by atoms with van der Waals surface area (Å²) in [5.41, 5.74) is -0.898. The van der Waals surface area contributed by atoms with E-state index in [1.807, 2.05) is 18.7 Å². The molecular formula is C23H37N3O7S. The summed E-state index contributed by atoms with van der Waals surface area (Å²) >= 11 is 0. The number of carbonyl (C=O) groups is 2. The van der Waals surface area contributed by atoms with Crippen molar-refractivity contribution < 1.29 is 31.7 Å². The summed E-state index contributed by atoms with van der Waals surface area (Å²) in [6.45, 7) is 14.9. The van der Waals surface area contributed by atoms with Crippen molar-refractivity contribution in [3.8, 4) is 0 Å². The van der Waals surface area contributed by atoms with Crippen LogP contribution in [0.5, 0.6) is 0 Å². The maximum absolute atomic E-state index is 13.1. The summed E-state index contributed by atoms with van der Waals surface area (Å²) in [5, 5.41) is 0. The lowest BCUT2D eigenvalue weighted by molar-refractivity contribution is 0.0430. The van der Waals surface area contributed by atoms with Crippen molar-refractivity contribution in [2.24, 2.45) is 11.8 Å². The predicted molar refractivity (Wildman–Crippen MR) is 129 cm³/mol. The van der Waals surface area contributed by atoms with Crippen LogP contribution in [0.25, 0.3) is 0 Å². The summed E-state index contributed by atoms with van der Waals surface area (Å²) in [6, 6.07) is 1.70. The van der Waals surface area contributed by atoms with Gasteiger partial charge >= 0.3 is 12.2 Å². The lowest BCUT2D eigenvalue weighted by atomic mass is 9.88. The maximum Gasteiger partial charge on any atom is 0.424 e. The first-order chi connectivity index (χ1) is 15.4. The Hall–Kier alpha value is -2.40. The first-order valence-corrected chi connectivity index (χ1v) is 13.0.